The number of aromatic nitrogens is 1. The van der Waals surface area contributed by atoms with Gasteiger partial charge in [-0.2, -0.15) is 5.26 Å². The molecule has 0 saturated carbocycles. The van der Waals surface area contributed by atoms with E-state index < -0.39 is 11.9 Å². The minimum absolute atomic E-state index is 0.123. The molecule has 0 radical (unpaired) electrons. The number of methoxy groups -OCH3 is 2. The molecule has 3 aromatic carbocycles. The summed E-state index contributed by atoms with van der Waals surface area (Å²) in [5.74, 6) is 1.14. The van der Waals surface area contributed by atoms with Gasteiger partial charge >= 0.3 is 0 Å². The summed E-state index contributed by atoms with van der Waals surface area (Å²) in [4.78, 5) is 60.4. The number of carbonyl (C=O) groups is 4. The summed E-state index contributed by atoms with van der Waals surface area (Å²) in [5.41, 5.74) is 3.15. The van der Waals surface area contributed by atoms with Crippen molar-refractivity contribution in [2.45, 2.75) is 51.1 Å². The van der Waals surface area contributed by atoms with Crippen LogP contribution in [0.3, 0.4) is 0 Å². The summed E-state index contributed by atoms with van der Waals surface area (Å²) in [7, 11) is 3.06. The number of halogens is 2. The van der Waals surface area contributed by atoms with Gasteiger partial charge in [0.05, 0.1) is 66.5 Å². The normalized spacial score (nSPS) is 16.6. The highest BCUT2D eigenvalue weighted by atomic mass is 35.5. The first-order valence-corrected chi connectivity index (χ1v) is 20.6. The van der Waals surface area contributed by atoms with Crippen molar-refractivity contribution >= 4 is 69.1 Å². The van der Waals surface area contributed by atoms with E-state index in [0.29, 0.717) is 118 Å². The predicted octanol–water partition coefficient (Wildman–Crippen LogP) is 6.10. The Morgan fingerprint density at radius 1 is 0.933 bits per heavy atom. The number of fused-ring (bicyclic) bond motifs is 2. The van der Waals surface area contributed by atoms with Crippen molar-refractivity contribution in [3.63, 3.8) is 0 Å². The third-order valence-electron chi connectivity index (χ3n) is 11.0. The van der Waals surface area contributed by atoms with Crippen LogP contribution < -0.4 is 29.6 Å². The number of hydrogen-bond acceptors (Lipinski definition) is 12. The number of nitriles is 1. The van der Waals surface area contributed by atoms with E-state index in [1.165, 1.54) is 18.2 Å². The summed E-state index contributed by atoms with van der Waals surface area (Å²) < 4.78 is 23.3. The van der Waals surface area contributed by atoms with Crippen molar-refractivity contribution in [3.05, 3.63) is 75.4 Å². The van der Waals surface area contributed by atoms with Gasteiger partial charge < -0.3 is 34.1 Å². The second-order valence-corrected chi connectivity index (χ2v) is 15.5. The molecular formula is C43H45Cl2N7O8. The molecule has 0 aliphatic carbocycles. The van der Waals surface area contributed by atoms with Crippen LogP contribution in [0.15, 0.2) is 48.7 Å². The number of nitrogens with zero attached hydrogens (tertiary/aromatic N) is 5. The minimum Gasteiger partial charge on any atom is -0.495 e. The lowest BCUT2D eigenvalue weighted by Gasteiger charge is -2.34. The Morgan fingerprint density at radius 2 is 1.70 bits per heavy atom. The maximum atomic E-state index is 13.1. The van der Waals surface area contributed by atoms with E-state index in [1.54, 1.807) is 43.5 Å². The van der Waals surface area contributed by atoms with Gasteiger partial charge in [-0.1, -0.05) is 29.3 Å². The zero-order valence-corrected chi connectivity index (χ0v) is 34.9. The Kier molecular flexibility index (Phi) is 13.4. The number of unbranched alkanes of at least 4 members (excludes halogenated alkanes) is 1. The van der Waals surface area contributed by atoms with Gasteiger partial charge in [0.25, 0.3) is 5.91 Å². The van der Waals surface area contributed by atoms with E-state index in [0.717, 1.165) is 31.6 Å². The summed E-state index contributed by atoms with van der Waals surface area (Å²) >= 11 is 12.7. The van der Waals surface area contributed by atoms with Crippen LogP contribution in [-0.2, 0) is 20.9 Å². The van der Waals surface area contributed by atoms with E-state index in [1.807, 2.05) is 11.0 Å². The first-order valence-electron chi connectivity index (χ1n) is 19.8. The quantitative estimate of drug-likeness (QED) is 0.0981. The van der Waals surface area contributed by atoms with Gasteiger partial charge in [0.2, 0.25) is 17.7 Å². The fourth-order valence-electron chi connectivity index (χ4n) is 7.71. The molecule has 7 rings (SSSR count). The first-order chi connectivity index (χ1) is 29.1. The fourth-order valence-corrected chi connectivity index (χ4v) is 8.22. The van der Waals surface area contributed by atoms with E-state index >= 15 is 0 Å². The number of amides is 4. The zero-order chi connectivity index (χ0) is 42.3. The number of ether oxygens (including phenoxy) is 4. The van der Waals surface area contributed by atoms with E-state index in [9.17, 15) is 24.4 Å². The van der Waals surface area contributed by atoms with Crippen LogP contribution in [0.1, 0.15) is 60.0 Å². The Labute approximate surface area is 357 Å². The number of anilines is 2. The van der Waals surface area contributed by atoms with Crippen LogP contribution in [0.4, 0.5) is 11.4 Å². The van der Waals surface area contributed by atoms with Gasteiger partial charge in [-0.3, -0.25) is 34.4 Å². The second-order valence-electron chi connectivity index (χ2n) is 14.7. The van der Waals surface area contributed by atoms with Gasteiger partial charge in [-0.25, -0.2) is 0 Å². The number of nitrogens with one attached hydrogen (secondary N) is 2. The van der Waals surface area contributed by atoms with Gasteiger partial charge in [0, 0.05) is 80.4 Å². The molecule has 2 saturated heterocycles. The molecular weight excluding hydrogens is 813 g/mol. The molecule has 1 atom stereocenters. The van der Waals surface area contributed by atoms with Crippen molar-refractivity contribution < 1.29 is 38.1 Å². The molecule has 1 unspecified atom stereocenters. The van der Waals surface area contributed by atoms with E-state index in [-0.39, 0.29) is 30.7 Å². The summed E-state index contributed by atoms with van der Waals surface area (Å²) in [5, 5.41) is 16.8. The average Bonchev–Trinajstić information content (AvgIpc) is 3.59. The van der Waals surface area contributed by atoms with Crippen molar-refractivity contribution in [2.75, 3.05) is 65.5 Å². The number of pyridine rings is 1. The molecule has 2 N–H and O–H groups in total. The Bertz CT molecular complexity index is 2350. The number of imide groups is 1. The standard InChI is InChI=1S/C43H45Cl2N7O8/c1-57-36-22-33(30(44)20-31(36)45)48-41-26(23-46)24-47-32-21-38(37(58-2)19-28(32)41)60-18-6-12-50-13-15-51(16-14-50)40(54)9-3-4-17-59-35-8-5-7-27-29(35)25-52(43(27)56)34-10-11-39(53)49-42(34)55/h5,7-8,19-22,24,34H,3-4,6,9-18,25H2,1-2H3,(H,47,48)(H,49,53,55). The highest BCUT2D eigenvalue weighted by Gasteiger charge is 2.40. The largest absolute Gasteiger partial charge is 0.495 e. The van der Waals surface area contributed by atoms with Gasteiger partial charge in [0.1, 0.15) is 23.6 Å². The smallest absolute Gasteiger partial charge is 0.255 e. The van der Waals surface area contributed by atoms with Crippen molar-refractivity contribution in [2.24, 2.45) is 0 Å². The van der Waals surface area contributed by atoms with Gasteiger partial charge in [-0.05, 0) is 49.9 Å². The molecule has 4 amide bonds. The Balaban J connectivity index is 0.835. The number of rotatable bonds is 16. The molecule has 4 aromatic rings. The molecule has 4 heterocycles. The van der Waals surface area contributed by atoms with Crippen LogP contribution in [0.5, 0.6) is 23.0 Å². The molecule has 2 fully saturated rings. The predicted molar refractivity (Wildman–Crippen MR) is 224 cm³/mol. The molecule has 15 nitrogen and oxygen atoms in total. The monoisotopic (exact) mass is 857 g/mol. The average molecular weight is 859 g/mol. The topological polar surface area (TPSA) is 176 Å². The number of carbonyl (C=O) groups excluding carboxylic acids is 4. The van der Waals surface area contributed by atoms with Crippen molar-refractivity contribution in [3.8, 4) is 29.1 Å². The molecule has 17 heteroatoms. The number of benzene rings is 3. The van der Waals surface area contributed by atoms with Gasteiger partial charge in [-0.15, -0.1) is 0 Å². The maximum absolute atomic E-state index is 13.1. The Morgan fingerprint density at radius 3 is 2.45 bits per heavy atom. The number of piperidine rings is 1. The third kappa shape index (κ3) is 9.31. The third-order valence-corrected chi connectivity index (χ3v) is 11.6. The molecule has 3 aliphatic rings. The highest BCUT2D eigenvalue weighted by molar-refractivity contribution is 6.37. The van der Waals surface area contributed by atoms with E-state index in [4.69, 9.17) is 42.1 Å². The summed E-state index contributed by atoms with van der Waals surface area (Å²) in [6.45, 7) is 4.73. The minimum atomic E-state index is -0.683. The lowest BCUT2D eigenvalue weighted by Crippen LogP contribution is -2.52. The molecule has 314 valence electrons. The van der Waals surface area contributed by atoms with E-state index in [2.05, 4.69) is 26.6 Å². The highest BCUT2D eigenvalue weighted by Crippen LogP contribution is 2.41. The number of hydrogen-bond donors (Lipinski definition) is 2. The molecule has 60 heavy (non-hydrogen) atoms. The second kappa shape index (κ2) is 19.1. The van der Waals surface area contributed by atoms with Crippen LogP contribution >= 0.6 is 23.2 Å². The number of piperazine rings is 1. The fraction of sp³-hybridized carbons (Fsp3) is 0.395. The SMILES string of the molecule is COc1cc(Nc2c(C#N)cnc3cc(OCCCN4CCN(C(=O)CCCCOc5cccc6c5CN(C5CCC(=O)NC5=O)C6=O)CC4)c(OC)cc23)c(Cl)cc1Cl. The van der Waals surface area contributed by atoms with Crippen LogP contribution in [0.2, 0.25) is 10.0 Å². The van der Waals surface area contributed by atoms with Crippen LogP contribution in [0, 0.1) is 11.3 Å². The van der Waals surface area contributed by atoms with Crippen LogP contribution in [0.25, 0.3) is 10.9 Å². The maximum Gasteiger partial charge on any atom is 0.255 e. The lowest BCUT2D eigenvalue weighted by molar-refractivity contribution is -0.137. The Hall–Kier alpha value is -5.82. The molecule has 3 aliphatic heterocycles. The summed E-state index contributed by atoms with van der Waals surface area (Å²) in [6, 6.07) is 13.6. The van der Waals surface area contributed by atoms with Crippen molar-refractivity contribution in [1.29, 1.82) is 5.26 Å². The zero-order valence-electron chi connectivity index (χ0n) is 33.4. The molecule has 0 bridgehead atoms. The van der Waals surface area contributed by atoms with Crippen LogP contribution in [-0.4, -0.2) is 110 Å². The molecule has 0 spiro atoms. The lowest BCUT2D eigenvalue weighted by atomic mass is 10.0. The van der Waals surface area contributed by atoms with Crippen molar-refractivity contribution in [1.82, 2.24) is 25.0 Å². The summed E-state index contributed by atoms with van der Waals surface area (Å²) in [6.07, 6.45) is 4.51. The van der Waals surface area contributed by atoms with Gasteiger partial charge in [0.15, 0.2) is 11.5 Å². The first kappa shape index (κ1) is 42.3. The molecule has 1 aromatic heterocycles.